The van der Waals surface area contributed by atoms with E-state index in [1.54, 1.807) is 6.92 Å². The molecule has 0 saturated carbocycles. The first-order valence-electron chi connectivity index (χ1n) is 6.06. The zero-order chi connectivity index (χ0) is 16.7. The van der Waals surface area contributed by atoms with Crippen LogP contribution < -0.4 is 10.6 Å². The minimum atomic E-state index is -0.934. The molecule has 0 atom stereocenters. The maximum atomic E-state index is 11.7. The molecule has 1 aromatic heterocycles. The molecule has 7 nitrogen and oxygen atoms in total. The van der Waals surface area contributed by atoms with Crippen LogP contribution in [0.25, 0.3) is 0 Å². The Balaban J connectivity index is 2.51. The summed E-state index contributed by atoms with van der Waals surface area (Å²) >= 11 is 17.3. The Labute approximate surface area is 141 Å². The molecule has 2 N–H and O–H groups in total. The van der Waals surface area contributed by atoms with E-state index in [1.807, 2.05) is 0 Å². The maximum Gasteiger partial charge on any atom is 0.359 e. The van der Waals surface area contributed by atoms with Crippen molar-refractivity contribution in [3.8, 4) is 0 Å². The topological polar surface area (TPSA) is 97.4 Å². The van der Waals surface area contributed by atoms with E-state index in [0.717, 1.165) is 6.20 Å². The van der Waals surface area contributed by atoms with Crippen molar-refractivity contribution in [2.45, 2.75) is 6.92 Å². The molecule has 0 aliphatic rings. The van der Waals surface area contributed by atoms with Gasteiger partial charge in [0.05, 0.1) is 21.6 Å². The van der Waals surface area contributed by atoms with Crippen LogP contribution in [0.2, 0.25) is 15.1 Å². The average molecular weight is 369 g/mol. The fraction of sp³-hybridized carbons (Fsp3) is 0.333. The highest BCUT2D eigenvalue weighted by Gasteiger charge is 2.19. The lowest BCUT2D eigenvalue weighted by atomic mass is 10.3. The van der Waals surface area contributed by atoms with E-state index in [1.165, 1.54) is 0 Å². The van der Waals surface area contributed by atoms with Gasteiger partial charge in [-0.3, -0.25) is 9.59 Å². The Hall–Kier alpha value is -1.57. The van der Waals surface area contributed by atoms with E-state index in [-0.39, 0.29) is 33.2 Å². The molecule has 0 bridgehead atoms. The summed E-state index contributed by atoms with van der Waals surface area (Å²) in [4.78, 5) is 38.0. The highest BCUT2D eigenvalue weighted by molar-refractivity contribution is 6.48. The van der Waals surface area contributed by atoms with Gasteiger partial charge in [-0.1, -0.05) is 34.8 Å². The van der Waals surface area contributed by atoms with E-state index < -0.39 is 18.5 Å². The standard InChI is InChI=1S/C12H12Cl3N3O4/c1-2-16-7(19)4-17-8(20)5-22-12(21)11-10(15)9(14)6(13)3-18-11/h3H,2,4-5H2,1H3,(H,16,19)(H,17,20). The highest BCUT2D eigenvalue weighted by Crippen LogP contribution is 2.31. The number of likely N-dealkylation sites (N-methyl/N-ethyl adjacent to an activating group) is 1. The lowest BCUT2D eigenvalue weighted by molar-refractivity contribution is -0.127. The van der Waals surface area contributed by atoms with Crippen LogP contribution >= 0.6 is 34.8 Å². The van der Waals surface area contributed by atoms with Crippen LogP contribution in [0.5, 0.6) is 0 Å². The molecule has 22 heavy (non-hydrogen) atoms. The molecule has 1 rings (SSSR count). The number of carbonyl (C=O) groups is 3. The Morgan fingerprint density at radius 1 is 1.14 bits per heavy atom. The zero-order valence-electron chi connectivity index (χ0n) is 11.4. The molecule has 1 aromatic rings. The molecule has 2 amide bonds. The number of ether oxygens (including phenoxy) is 1. The summed E-state index contributed by atoms with van der Waals surface area (Å²) in [6, 6.07) is 0. The molecule has 0 aliphatic heterocycles. The third-order valence-corrected chi connectivity index (χ3v) is 3.51. The Bertz CT molecular complexity index is 595. The number of carbonyl (C=O) groups excluding carboxylic acids is 3. The molecule has 1 heterocycles. The predicted molar refractivity (Wildman–Crippen MR) is 81.2 cm³/mol. The van der Waals surface area contributed by atoms with Gasteiger partial charge in [-0.15, -0.1) is 0 Å². The first-order valence-corrected chi connectivity index (χ1v) is 7.20. The molecule has 10 heteroatoms. The van der Waals surface area contributed by atoms with Gasteiger partial charge in [0.25, 0.3) is 5.91 Å². The number of pyridine rings is 1. The summed E-state index contributed by atoms with van der Waals surface area (Å²) < 4.78 is 4.73. The molecule has 0 radical (unpaired) electrons. The molecule has 0 fully saturated rings. The summed E-state index contributed by atoms with van der Waals surface area (Å²) in [6.45, 7) is 1.40. The number of nitrogens with zero attached hydrogens (tertiary/aromatic N) is 1. The fourth-order valence-corrected chi connectivity index (χ4v) is 1.83. The second-order valence-corrected chi connectivity index (χ2v) is 5.05. The number of amides is 2. The molecule has 120 valence electrons. The van der Waals surface area contributed by atoms with Gasteiger partial charge >= 0.3 is 5.97 Å². The van der Waals surface area contributed by atoms with Gasteiger partial charge in [0.1, 0.15) is 0 Å². The van der Waals surface area contributed by atoms with Crippen molar-refractivity contribution in [3.05, 3.63) is 27.0 Å². The monoisotopic (exact) mass is 367 g/mol. The third-order valence-electron chi connectivity index (χ3n) is 2.27. The normalized spacial score (nSPS) is 10.0. The van der Waals surface area contributed by atoms with Gasteiger partial charge in [0.2, 0.25) is 5.91 Å². The number of rotatable bonds is 6. The van der Waals surface area contributed by atoms with Crippen LogP contribution in [0.1, 0.15) is 17.4 Å². The number of hydrogen-bond donors (Lipinski definition) is 2. The second-order valence-electron chi connectivity index (χ2n) is 3.89. The molecular weight excluding hydrogens is 357 g/mol. The van der Waals surface area contributed by atoms with Crippen molar-refractivity contribution < 1.29 is 19.1 Å². The van der Waals surface area contributed by atoms with Gasteiger partial charge in [-0.2, -0.15) is 0 Å². The van der Waals surface area contributed by atoms with Gasteiger partial charge in [-0.05, 0) is 6.92 Å². The number of hydrogen-bond acceptors (Lipinski definition) is 5. The van der Waals surface area contributed by atoms with Crippen LogP contribution in [0.3, 0.4) is 0 Å². The van der Waals surface area contributed by atoms with Crippen molar-refractivity contribution in [1.82, 2.24) is 15.6 Å². The minimum absolute atomic E-state index is 0.0361. The number of aromatic nitrogens is 1. The Morgan fingerprint density at radius 3 is 2.45 bits per heavy atom. The maximum absolute atomic E-state index is 11.7. The van der Waals surface area contributed by atoms with Gasteiger partial charge < -0.3 is 15.4 Å². The van der Waals surface area contributed by atoms with Crippen molar-refractivity contribution >= 4 is 52.6 Å². The Kier molecular flexibility index (Phi) is 7.37. The second kappa shape index (κ2) is 8.77. The summed E-state index contributed by atoms with van der Waals surface area (Å²) in [6.07, 6.45) is 1.14. The van der Waals surface area contributed by atoms with Crippen molar-refractivity contribution in [2.24, 2.45) is 0 Å². The fourth-order valence-electron chi connectivity index (χ4n) is 1.27. The van der Waals surface area contributed by atoms with E-state index in [4.69, 9.17) is 39.5 Å². The first kappa shape index (κ1) is 18.5. The Morgan fingerprint density at radius 2 is 1.82 bits per heavy atom. The zero-order valence-corrected chi connectivity index (χ0v) is 13.7. The molecule has 0 unspecified atom stereocenters. The van der Waals surface area contributed by atoms with Crippen LogP contribution in [0.15, 0.2) is 6.20 Å². The third kappa shape index (κ3) is 5.32. The minimum Gasteiger partial charge on any atom is -0.451 e. The van der Waals surface area contributed by atoms with Gasteiger partial charge in [-0.25, -0.2) is 9.78 Å². The highest BCUT2D eigenvalue weighted by atomic mass is 35.5. The van der Waals surface area contributed by atoms with E-state index in [9.17, 15) is 14.4 Å². The molecule has 0 aromatic carbocycles. The SMILES string of the molecule is CCNC(=O)CNC(=O)COC(=O)c1ncc(Cl)c(Cl)c1Cl. The summed E-state index contributed by atoms with van der Waals surface area (Å²) in [5.41, 5.74) is -0.257. The lowest BCUT2D eigenvalue weighted by Crippen LogP contribution is -2.38. The quantitative estimate of drug-likeness (QED) is 0.741. The average Bonchev–Trinajstić information content (AvgIpc) is 2.48. The lowest BCUT2D eigenvalue weighted by Gasteiger charge is -2.08. The van der Waals surface area contributed by atoms with E-state index in [2.05, 4.69) is 15.6 Å². The molecule has 0 aliphatic carbocycles. The smallest absolute Gasteiger partial charge is 0.359 e. The van der Waals surface area contributed by atoms with Gasteiger partial charge in [0.15, 0.2) is 12.3 Å². The first-order chi connectivity index (χ1) is 10.4. The van der Waals surface area contributed by atoms with Crippen molar-refractivity contribution in [2.75, 3.05) is 19.7 Å². The van der Waals surface area contributed by atoms with Crippen LogP contribution in [0, 0.1) is 0 Å². The van der Waals surface area contributed by atoms with Crippen molar-refractivity contribution in [3.63, 3.8) is 0 Å². The molecule has 0 saturated heterocycles. The number of halogens is 3. The largest absolute Gasteiger partial charge is 0.451 e. The molecular formula is C12H12Cl3N3O4. The number of nitrogens with one attached hydrogen (secondary N) is 2. The summed E-state index contributed by atoms with van der Waals surface area (Å²) in [5, 5.41) is 4.66. The van der Waals surface area contributed by atoms with Crippen LogP contribution in [-0.4, -0.2) is 42.5 Å². The van der Waals surface area contributed by atoms with E-state index >= 15 is 0 Å². The van der Waals surface area contributed by atoms with Crippen LogP contribution in [-0.2, 0) is 14.3 Å². The summed E-state index contributed by atoms with van der Waals surface area (Å²) in [5.74, 6) is -1.93. The van der Waals surface area contributed by atoms with Crippen LogP contribution in [0.4, 0.5) is 0 Å². The van der Waals surface area contributed by atoms with Gasteiger partial charge in [0, 0.05) is 12.7 Å². The molecule has 0 spiro atoms. The summed E-state index contributed by atoms with van der Waals surface area (Å²) in [7, 11) is 0. The predicted octanol–water partition coefficient (Wildman–Crippen LogP) is 1.45. The number of esters is 1. The van der Waals surface area contributed by atoms with E-state index in [0.29, 0.717) is 6.54 Å². The van der Waals surface area contributed by atoms with Crippen molar-refractivity contribution in [1.29, 1.82) is 0 Å².